The number of hydrogen-bond acceptors (Lipinski definition) is 7. The van der Waals surface area contributed by atoms with Gasteiger partial charge in [0.1, 0.15) is 5.78 Å². The molecule has 11 heteroatoms. The third kappa shape index (κ3) is 15.7. The SMILES string of the molecule is CC[Si](CC)(CC)O[C@H]([C@@H](C)[C@@H](O[Si](C)(C)C(C)(C)C)[C@H](C)CO[Si](c1ccccc1)(c1ccccc1)C(C)(C)C)[C@@H](C)[C@H](O)CC(=O)[C@@H](C)[C@H](OCc1ccccc1)[C@@H](C)CO[Si](C)(C)C(C)(C)C. The Labute approximate surface area is 433 Å². The van der Waals surface area contributed by atoms with Crippen molar-refractivity contribution in [2.24, 2.45) is 29.6 Å². The number of Topliss-reactive ketones (excluding diaryl/α,β-unsaturated/α-hetero) is 1. The van der Waals surface area contributed by atoms with Gasteiger partial charge in [0.2, 0.25) is 0 Å². The molecule has 0 saturated heterocycles. The summed E-state index contributed by atoms with van der Waals surface area (Å²) in [6.07, 6.45) is -1.94. The van der Waals surface area contributed by atoms with Gasteiger partial charge in [-0.05, 0) is 75.4 Å². The Morgan fingerprint density at radius 2 is 0.971 bits per heavy atom. The van der Waals surface area contributed by atoms with Gasteiger partial charge in [0.25, 0.3) is 8.32 Å². The first-order chi connectivity index (χ1) is 32.3. The minimum Gasteiger partial charge on any atom is -0.416 e. The summed E-state index contributed by atoms with van der Waals surface area (Å²) in [5.74, 6) is -1.04. The van der Waals surface area contributed by atoms with Crippen LogP contribution in [0.3, 0.4) is 0 Å². The van der Waals surface area contributed by atoms with Crippen molar-refractivity contribution >= 4 is 49.4 Å². The summed E-state index contributed by atoms with van der Waals surface area (Å²) in [5.41, 5.74) is 1.06. The second-order valence-corrected chi connectivity index (χ2v) is 43.8. The van der Waals surface area contributed by atoms with E-state index >= 15 is 0 Å². The number of ether oxygens (including phenoxy) is 1. The van der Waals surface area contributed by atoms with Crippen LogP contribution >= 0.6 is 0 Å². The molecule has 0 bridgehead atoms. The predicted octanol–water partition coefficient (Wildman–Crippen LogP) is 14.5. The second kappa shape index (κ2) is 25.9. The third-order valence-electron chi connectivity index (χ3n) is 17.0. The van der Waals surface area contributed by atoms with Gasteiger partial charge in [0.05, 0.1) is 31.0 Å². The van der Waals surface area contributed by atoms with Gasteiger partial charge in [0, 0.05) is 49.2 Å². The van der Waals surface area contributed by atoms with E-state index < -0.39 is 51.4 Å². The lowest BCUT2D eigenvalue weighted by molar-refractivity contribution is -0.134. The van der Waals surface area contributed by atoms with Gasteiger partial charge in [-0.25, -0.2) is 0 Å². The smallest absolute Gasteiger partial charge is 0.261 e. The first kappa shape index (κ1) is 62.3. The van der Waals surface area contributed by atoms with Crippen LogP contribution < -0.4 is 10.4 Å². The van der Waals surface area contributed by atoms with E-state index in [2.05, 4.69) is 210 Å². The number of carbonyl (C=O) groups is 1. The molecule has 0 unspecified atom stereocenters. The molecule has 0 radical (unpaired) electrons. The fourth-order valence-corrected chi connectivity index (χ4v) is 20.0. The highest BCUT2D eigenvalue weighted by Gasteiger charge is 2.52. The molecule has 70 heavy (non-hydrogen) atoms. The molecule has 0 heterocycles. The molecule has 0 aliphatic carbocycles. The van der Waals surface area contributed by atoms with E-state index in [0.717, 1.165) is 23.7 Å². The second-order valence-electron chi connectivity index (χ2n) is 25.2. The molecule has 0 aromatic heterocycles. The van der Waals surface area contributed by atoms with E-state index in [1.807, 2.05) is 25.1 Å². The van der Waals surface area contributed by atoms with E-state index in [1.165, 1.54) is 10.4 Å². The Bertz CT molecular complexity index is 1920. The first-order valence-electron chi connectivity index (χ1n) is 27.0. The summed E-state index contributed by atoms with van der Waals surface area (Å²) in [4.78, 5) is 14.7. The van der Waals surface area contributed by atoms with Crippen LogP contribution in [0.5, 0.6) is 0 Å². The summed E-state index contributed by atoms with van der Waals surface area (Å²) in [5, 5.41) is 14.9. The Morgan fingerprint density at radius 1 is 0.543 bits per heavy atom. The van der Waals surface area contributed by atoms with Crippen LogP contribution in [0.25, 0.3) is 0 Å². The van der Waals surface area contributed by atoms with Crippen molar-refractivity contribution in [2.75, 3.05) is 13.2 Å². The number of aliphatic hydroxyl groups excluding tert-OH is 1. The molecule has 0 aliphatic heterocycles. The lowest BCUT2D eigenvalue weighted by atomic mass is 9.80. The van der Waals surface area contributed by atoms with Crippen LogP contribution in [0, 0.1) is 29.6 Å². The van der Waals surface area contributed by atoms with Crippen molar-refractivity contribution in [2.45, 2.75) is 215 Å². The zero-order valence-electron chi connectivity index (χ0n) is 48.2. The molecular formula is C59H102O7Si4. The van der Waals surface area contributed by atoms with Gasteiger partial charge in [-0.15, -0.1) is 0 Å². The van der Waals surface area contributed by atoms with Crippen LogP contribution in [0.4, 0.5) is 0 Å². The van der Waals surface area contributed by atoms with Gasteiger partial charge in [-0.3, -0.25) is 4.79 Å². The Hall–Kier alpha value is -2.04. The fourth-order valence-electron chi connectivity index (χ4n) is 9.74. The van der Waals surface area contributed by atoms with E-state index in [0.29, 0.717) is 19.8 Å². The molecule has 7 nitrogen and oxygen atoms in total. The fraction of sp³-hybridized carbons (Fsp3) is 0.678. The average Bonchev–Trinajstić information content (AvgIpc) is 3.30. The quantitative estimate of drug-likeness (QED) is 0.0726. The van der Waals surface area contributed by atoms with Crippen LogP contribution in [-0.2, 0) is 33.8 Å². The summed E-state index contributed by atoms with van der Waals surface area (Å²) in [7, 11) is -9.57. The van der Waals surface area contributed by atoms with Crippen molar-refractivity contribution in [3.8, 4) is 0 Å². The molecule has 0 aliphatic rings. The Morgan fingerprint density at radius 3 is 1.40 bits per heavy atom. The molecule has 0 spiro atoms. The Kier molecular flexibility index (Phi) is 23.1. The summed E-state index contributed by atoms with van der Waals surface area (Å²) in [6.45, 7) is 48.9. The maximum atomic E-state index is 14.7. The molecule has 396 valence electrons. The minimum atomic E-state index is -2.87. The summed E-state index contributed by atoms with van der Waals surface area (Å²) < 4.78 is 36.4. The van der Waals surface area contributed by atoms with Gasteiger partial charge in [-0.1, -0.05) is 209 Å². The van der Waals surface area contributed by atoms with Crippen molar-refractivity contribution in [3.63, 3.8) is 0 Å². The minimum absolute atomic E-state index is 0.00545. The normalized spacial score (nSPS) is 17.5. The van der Waals surface area contributed by atoms with Crippen molar-refractivity contribution in [3.05, 3.63) is 96.6 Å². The van der Waals surface area contributed by atoms with Crippen LogP contribution in [0.15, 0.2) is 91.0 Å². The molecule has 0 amide bonds. The van der Waals surface area contributed by atoms with Crippen molar-refractivity contribution in [1.82, 2.24) is 0 Å². The van der Waals surface area contributed by atoms with Gasteiger partial charge < -0.3 is 27.5 Å². The molecule has 3 rings (SSSR count). The maximum absolute atomic E-state index is 14.7. The van der Waals surface area contributed by atoms with E-state index in [9.17, 15) is 9.90 Å². The lowest BCUT2D eigenvalue weighted by Crippen LogP contribution is -2.67. The molecule has 3 aromatic carbocycles. The lowest BCUT2D eigenvalue weighted by Gasteiger charge is -2.48. The van der Waals surface area contributed by atoms with E-state index in [1.54, 1.807) is 0 Å². The van der Waals surface area contributed by atoms with Crippen molar-refractivity contribution in [1.29, 1.82) is 0 Å². The Balaban J connectivity index is 2.10. The van der Waals surface area contributed by atoms with Crippen LogP contribution in [0.1, 0.15) is 130 Å². The topological polar surface area (TPSA) is 83.5 Å². The summed E-state index contributed by atoms with van der Waals surface area (Å²) >= 11 is 0. The first-order valence-corrected chi connectivity index (χ1v) is 37.2. The van der Waals surface area contributed by atoms with Crippen molar-refractivity contribution < 1.29 is 32.3 Å². The number of ketones is 1. The zero-order chi connectivity index (χ0) is 53.1. The molecule has 9 atom stereocenters. The number of hydrogen-bond donors (Lipinski definition) is 1. The number of carbonyl (C=O) groups excluding carboxylic acids is 1. The molecule has 3 aromatic rings. The van der Waals surface area contributed by atoms with Crippen LogP contribution in [0.2, 0.25) is 59.4 Å². The number of aliphatic hydroxyl groups is 1. The molecule has 0 saturated carbocycles. The van der Waals surface area contributed by atoms with Gasteiger partial charge in [0.15, 0.2) is 25.0 Å². The summed E-state index contributed by atoms with van der Waals surface area (Å²) in [6, 6.07) is 34.8. The van der Waals surface area contributed by atoms with Gasteiger partial charge >= 0.3 is 0 Å². The molecule has 1 N–H and O–H groups in total. The van der Waals surface area contributed by atoms with E-state index in [-0.39, 0.29) is 63.2 Å². The molecule has 0 fully saturated rings. The predicted molar refractivity (Wildman–Crippen MR) is 307 cm³/mol. The van der Waals surface area contributed by atoms with Crippen LogP contribution in [-0.4, -0.2) is 81.8 Å². The third-order valence-corrected chi connectivity index (χ3v) is 35.6. The monoisotopic (exact) mass is 1030 g/mol. The number of rotatable bonds is 28. The highest BCUT2D eigenvalue weighted by atomic mass is 28.4. The largest absolute Gasteiger partial charge is 0.416 e. The van der Waals surface area contributed by atoms with Gasteiger partial charge in [-0.2, -0.15) is 0 Å². The average molecular weight is 1040 g/mol. The van der Waals surface area contributed by atoms with E-state index in [4.69, 9.17) is 22.4 Å². The highest BCUT2D eigenvalue weighted by molar-refractivity contribution is 6.99. The highest BCUT2D eigenvalue weighted by Crippen LogP contribution is 2.43. The maximum Gasteiger partial charge on any atom is 0.261 e. The zero-order valence-corrected chi connectivity index (χ0v) is 52.2. The molecular weight excluding hydrogens is 933 g/mol. The standard InChI is InChI=1S/C59H102O7Si4/c1-22-69(23-2,24-3)66-56(47(7)53(61)40-52(60)46(6)54(62-43-49-34-28-25-29-35-49)44(4)41-63-67(18,19)57(9,10)11)48(8)55(65-68(20,21)58(12,13)14)45(5)42-64-70(59(15,16)17,50-36-30-26-31-37-50)51-38-32-27-33-39-51/h25-39,44-48,53-56,61H,22-24,40-43H2,1-21H3/t44-,45+,46+,47-,48-,53+,54+,55-,56-/m0/s1. The number of benzene rings is 3.